The minimum absolute atomic E-state index is 0.0508. The van der Waals surface area contributed by atoms with Crippen LogP contribution in [0.5, 0.6) is 0 Å². The van der Waals surface area contributed by atoms with Gasteiger partial charge >= 0.3 is 0 Å². The molecule has 21 heavy (non-hydrogen) atoms. The largest absolute Gasteiger partial charge is 0.344 e. The Morgan fingerprint density at radius 2 is 1.86 bits per heavy atom. The van der Waals surface area contributed by atoms with Crippen molar-refractivity contribution in [3.63, 3.8) is 0 Å². The molecule has 0 unspecified atom stereocenters. The Labute approximate surface area is 124 Å². The summed E-state index contributed by atoms with van der Waals surface area (Å²) in [5.41, 5.74) is 1.62. The quantitative estimate of drug-likeness (QED) is 0.940. The van der Waals surface area contributed by atoms with E-state index in [9.17, 15) is 4.79 Å². The van der Waals surface area contributed by atoms with Gasteiger partial charge in [0.2, 0.25) is 17.6 Å². The predicted octanol–water partition coefficient (Wildman–Crippen LogP) is 3.27. The van der Waals surface area contributed by atoms with E-state index in [0.29, 0.717) is 11.7 Å². The molecule has 112 valence electrons. The van der Waals surface area contributed by atoms with Gasteiger partial charge in [-0.15, -0.1) is 0 Å². The first-order valence-corrected chi connectivity index (χ1v) is 6.99. The van der Waals surface area contributed by atoms with Crippen molar-refractivity contribution in [2.75, 3.05) is 0 Å². The zero-order chi connectivity index (χ0) is 15.6. The molecule has 2 aromatic rings. The van der Waals surface area contributed by atoms with Crippen LogP contribution in [-0.4, -0.2) is 16.0 Å². The summed E-state index contributed by atoms with van der Waals surface area (Å²) in [4.78, 5) is 16.3. The lowest BCUT2D eigenvalue weighted by atomic mass is 9.95. The predicted molar refractivity (Wildman–Crippen MR) is 80.5 cm³/mol. The Hall–Kier alpha value is -2.17. The molecule has 5 nitrogen and oxygen atoms in total. The fraction of sp³-hybridized carbons (Fsp3) is 0.438. The highest BCUT2D eigenvalue weighted by atomic mass is 16.5. The summed E-state index contributed by atoms with van der Waals surface area (Å²) in [5, 5.41) is 6.84. The van der Waals surface area contributed by atoms with Crippen LogP contribution in [0.3, 0.4) is 0 Å². The van der Waals surface area contributed by atoms with E-state index in [4.69, 9.17) is 4.52 Å². The lowest BCUT2D eigenvalue weighted by Gasteiger charge is -2.19. The first-order chi connectivity index (χ1) is 9.77. The van der Waals surface area contributed by atoms with Crippen LogP contribution in [0, 0.1) is 12.3 Å². The van der Waals surface area contributed by atoms with Gasteiger partial charge in [0.25, 0.3) is 0 Å². The van der Waals surface area contributed by atoms with Crippen LogP contribution >= 0.6 is 0 Å². The monoisotopic (exact) mass is 287 g/mol. The number of rotatable bonds is 3. The van der Waals surface area contributed by atoms with E-state index in [0.717, 1.165) is 5.56 Å². The molecule has 0 fully saturated rings. The van der Waals surface area contributed by atoms with Crippen LogP contribution < -0.4 is 5.32 Å². The maximum atomic E-state index is 12.0. The lowest BCUT2D eigenvalue weighted by Crippen LogP contribution is -2.36. The van der Waals surface area contributed by atoms with Crippen LogP contribution in [0.15, 0.2) is 28.8 Å². The molecule has 1 N–H and O–H groups in total. The third-order valence-corrected chi connectivity index (χ3v) is 3.15. The van der Waals surface area contributed by atoms with Gasteiger partial charge < -0.3 is 9.84 Å². The van der Waals surface area contributed by atoms with Crippen LogP contribution in [0.4, 0.5) is 0 Å². The van der Waals surface area contributed by atoms with E-state index in [1.165, 1.54) is 5.56 Å². The summed E-state index contributed by atoms with van der Waals surface area (Å²) in [6, 6.07) is 7.57. The Morgan fingerprint density at radius 1 is 1.24 bits per heavy atom. The van der Waals surface area contributed by atoms with Crippen molar-refractivity contribution < 1.29 is 9.32 Å². The van der Waals surface area contributed by atoms with Gasteiger partial charge in [-0.05, 0) is 13.8 Å². The van der Waals surface area contributed by atoms with Crippen LogP contribution in [-0.2, 0) is 4.79 Å². The molecule has 0 radical (unpaired) electrons. The van der Waals surface area contributed by atoms with E-state index in [2.05, 4.69) is 15.5 Å². The highest BCUT2D eigenvalue weighted by Gasteiger charge is 2.25. The molecule has 1 atom stereocenters. The molecule has 0 aliphatic rings. The lowest BCUT2D eigenvalue weighted by molar-refractivity contribution is -0.129. The van der Waals surface area contributed by atoms with Crippen LogP contribution in [0.1, 0.15) is 45.2 Å². The normalized spacial score (nSPS) is 13.0. The molecule has 0 bridgehead atoms. The van der Waals surface area contributed by atoms with Crippen molar-refractivity contribution in [2.24, 2.45) is 5.41 Å². The minimum Gasteiger partial charge on any atom is -0.344 e. The van der Waals surface area contributed by atoms with Crippen molar-refractivity contribution in [3.8, 4) is 11.4 Å². The maximum Gasteiger partial charge on any atom is 0.249 e. The average molecular weight is 287 g/mol. The van der Waals surface area contributed by atoms with Crippen molar-refractivity contribution in [3.05, 3.63) is 35.7 Å². The van der Waals surface area contributed by atoms with Crippen molar-refractivity contribution in [1.82, 2.24) is 15.5 Å². The fourth-order valence-electron chi connectivity index (χ4n) is 1.71. The molecule has 1 heterocycles. The molecule has 2 rings (SSSR count). The SMILES string of the molecule is Cc1ccc(-c2noc([C@@H](C)NC(=O)C(C)(C)C)n2)cc1. The average Bonchev–Trinajstić information content (AvgIpc) is 2.88. The van der Waals surface area contributed by atoms with Crippen molar-refractivity contribution >= 4 is 5.91 Å². The summed E-state index contributed by atoms with van der Waals surface area (Å²) in [6.07, 6.45) is 0. The standard InChI is InChI=1S/C16H21N3O2/c1-10-6-8-12(9-7-10)13-18-14(21-19-13)11(2)17-15(20)16(3,4)5/h6-9,11H,1-5H3,(H,17,20)/t11-/m1/s1. The summed E-state index contributed by atoms with van der Waals surface area (Å²) in [7, 11) is 0. The van der Waals surface area contributed by atoms with E-state index in [1.54, 1.807) is 0 Å². The van der Waals surface area contributed by atoms with E-state index in [-0.39, 0.29) is 11.9 Å². The summed E-state index contributed by atoms with van der Waals surface area (Å²) in [5.74, 6) is 0.884. The molecule has 0 saturated heterocycles. The highest BCUT2D eigenvalue weighted by molar-refractivity contribution is 5.81. The number of aromatic nitrogens is 2. The van der Waals surface area contributed by atoms with Crippen molar-refractivity contribution in [1.29, 1.82) is 0 Å². The second-order valence-electron chi connectivity index (χ2n) is 6.27. The highest BCUT2D eigenvalue weighted by Crippen LogP contribution is 2.20. The summed E-state index contributed by atoms with van der Waals surface area (Å²) >= 11 is 0. The Morgan fingerprint density at radius 3 is 2.43 bits per heavy atom. The van der Waals surface area contributed by atoms with Gasteiger partial charge in [-0.3, -0.25) is 4.79 Å². The number of hydrogen-bond donors (Lipinski definition) is 1. The number of nitrogens with zero attached hydrogens (tertiary/aromatic N) is 2. The van der Waals surface area contributed by atoms with Crippen LogP contribution in [0.25, 0.3) is 11.4 Å². The van der Waals surface area contributed by atoms with Gasteiger partial charge in [-0.25, -0.2) is 0 Å². The molecule has 0 aliphatic carbocycles. The van der Waals surface area contributed by atoms with E-state index < -0.39 is 5.41 Å². The molecule has 1 aromatic carbocycles. The summed E-state index contributed by atoms with van der Waals surface area (Å²) < 4.78 is 5.25. The molecule has 0 aliphatic heterocycles. The minimum atomic E-state index is -0.450. The van der Waals surface area contributed by atoms with Gasteiger partial charge in [0, 0.05) is 11.0 Å². The number of carbonyl (C=O) groups is 1. The van der Waals surface area contributed by atoms with E-state index >= 15 is 0 Å². The van der Waals surface area contributed by atoms with Crippen LogP contribution in [0.2, 0.25) is 0 Å². The number of carbonyl (C=O) groups excluding carboxylic acids is 1. The molecule has 0 spiro atoms. The number of amides is 1. The topological polar surface area (TPSA) is 68.0 Å². The van der Waals surface area contributed by atoms with E-state index in [1.807, 2.05) is 58.9 Å². The third-order valence-electron chi connectivity index (χ3n) is 3.15. The fourth-order valence-corrected chi connectivity index (χ4v) is 1.71. The number of nitrogens with one attached hydrogen (secondary N) is 1. The zero-order valence-corrected chi connectivity index (χ0v) is 13.1. The molecular weight excluding hydrogens is 266 g/mol. The van der Waals surface area contributed by atoms with Gasteiger partial charge in [-0.1, -0.05) is 55.8 Å². The first-order valence-electron chi connectivity index (χ1n) is 6.99. The molecule has 1 aromatic heterocycles. The molecular formula is C16H21N3O2. The Bertz CT molecular complexity index is 624. The number of aryl methyl sites for hydroxylation is 1. The van der Waals surface area contributed by atoms with Gasteiger partial charge in [0.15, 0.2) is 0 Å². The third kappa shape index (κ3) is 3.68. The second-order valence-corrected chi connectivity index (χ2v) is 6.27. The van der Waals surface area contributed by atoms with Gasteiger partial charge in [-0.2, -0.15) is 4.98 Å². The van der Waals surface area contributed by atoms with Gasteiger partial charge in [0.1, 0.15) is 6.04 Å². The molecule has 0 saturated carbocycles. The Balaban J connectivity index is 2.12. The first kappa shape index (κ1) is 15.2. The number of hydrogen-bond acceptors (Lipinski definition) is 4. The second kappa shape index (κ2) is 5.68. The smallest absolute Gasteiger partial charge is 0.249 e. The Kier molecular flexibility index (Phi) is 4.11. The molecule has 5 heteroatoms. The zero-order valence-electron chi connectivity index (χ0n) is 13.1. The maximum absolute atomic E-state index is 12.0. The van der Waals surface area contributed by atoms with Gasteiger partial charge in [0.05, 0.1) is 0 Å². The number of benzene rings is 1. The molecule has 1 amide bonds. The van der Waals surface area contributed by atoms with Crippen molar-refractivity contribution in [2.45, 2.75) is 40.7 Å². The summed E-state index contributed by atoms with van der Waals surface area (Å²) in [6.45, 7) is 9.44.